The zero-order valence-electron chi connectivity index (χ0n) is 10.0. The normalized spacial score (nSPS) is 10.9. The Balaban J connectivity index is 1.68. The maximum absolute atomic E-state index is 13.0. The molecule has 3 rings (SSSR count). The molecular weight excluding hydrogens is 319 g/mol. The molecule has 0 unspecified atom stereocenters. The summed E-state index contributed by atoms with van der Waals surface area (Å²) in [7, 11) is 0. The summed E-state index contributed by atoms with van der Waals surface area (Å²) in [5.41, 5.74) is 0. The molecular formula is C13H8ClFN2OS2. The lowest BCUT2D eigenvalue weighted by Gasteiger charge is -1.99. The Bertz CT molecular complexity index is 715. The number of thiophene rings is 1. The van der Waals surface area contributed by atoms with E-state index < -0.39 is 5.82 Å². The minimum Gasteiger partial charge on any atom is -0.338 e. The van der Waals surface area contributed by atoms with Crippen molar-refractivity contribution < 1.29 is 8.91 Å². The number of thioether (sulfide) groups is 1. The molecule has 0 N–H and O–H groups in total. The number of nitrogens with zero attached hydrogens (tertiary/aromatic N) is 2. The zero-order valence-corrected chi connectivity index (χ0v) is 12.4. The van der Waals surface area contributed by atoms with E-state index in [2.05, 4.69) is 10.1 Å². The van der Waals surface area contributed by atoms with E-state index in [0.29, 0.717) is 17.5 Å². The highest BCUT2D eigenvalue weighted by molar-refractivity contribution is 7.98. The van der Waals surface area contributed by atoms with E-state index >= 15 is 0 Å². The van der Waals surface area contributed by atoms with Gasteiger partial charge in [0, 0.05) is 4.90 Å². The summed E-state index contributed by atoms with van der Waals surface area (Å²) in [4.78, 5) is 6.13. The summed E-state index contributed by atoms with van der Waals surface area (Å²) in [6, 6.07) is 8.47. The predicted molar refractivity (Wildman–Crippen MR) is 78.6 cm³/mol. The lowest BCUT2D eigenvalue weighted by atomic mass is 10.3. The third kappa shape index (κ3) is 3.03. The van der Waals surface area contributed by atoms with Gasteiger partial charge in [0.15, 0.2) is 0 Å². The third-order valence-corrected chi connectivity index (χ3v) is 4.60. The molecule has 0 radical (unpaired) electrons. The van der Waals surface area contributed by atoms with Crippen LogP contribution in [0.15, 0.2) is 45.1 Å². The summed E-state index contributed by atoms with van der Waals surface area (Å²) < 4.78 is 18.2. The second kappa shape index (κ2) is 5.95. The second-order valence-corrected chi connectivity index (χ2v) is 6.26. The van der Waals surface area contributed by atoms with Gasteiger partial charge in [-0.05, 0) is 29.6 Å². The Morgan fingerprint density at radius 1 is 1.35 bits per heavy atom. The van der Waals surface area contributed by atoms with Crippen LogP contribution in [0.5, 0.6) is 0 Å². The van der Waals surface area contributed by atoms with Crippen molar-refractivity contribution >= 4 is 34.7 Å². The lowest BCUT2D eigenvalue weighted by Crippen LogP contribution is -1.82. The number of hydrogen-bond donors (Lipinski definition) is 0. The van der Waals surface area contributed by atoms with Gasteiger partial charge in [0.2, 0.25) is 11.7 Å². The quantitative estimate of drug-likeness (QED) is 0.640. The van der Waals surface area contributed by atoms with Crippen molar-refractivity contribution in [2.75, 3.05) is 0 Å². The Hall–Kier alpha value is -1.37. The van der Waals surface area contributed by atoms with Crippen LogP contribution in [0.2, 0.25) is 5.02 Å². The smallest absolute Gasteiger partial charge is 0.237 e. The molecule has 20 heavy (non-hydrogen) atoms. The summed E-state index contributed by atoms with van der Waals surface area (Å²) in [6.45, 7) is 0. The van der Waals surface area contributed by atoms with Crippen molar-refractivity contribution in [2.45, 2.75) is 10.6 Å². The molecule has 0 aliphatic heterocycles. The van der Waals surface area contributed by atoms with Crippen molar-refractivity contribution in [3.05, 3.63) is 52.4 Å². The molecule has 102 valence electrons. The zero-order chi connectivity index (χ0) is 13.9. The predicted octanol–water partition coefficient (Wildman–Crippen LogP) is 4.88. The first kappa shape index (κ1) is 13.6. The fourth-order valence-corrected chi connectivity index (χ4v) is 3.20. The number of aromatic nitrogens is 2. The molecule has 0 aliphatic rings. The van der Waals surface area contributed by atoms with E-state index in [1.54, 1.807) is 23.5 Å². The molecule has 0 amide bonds. The number of benzene rings is 1. The first-order valence-electron chi connectivity index (χ1n) is 5.67. The summed E-state index contributed by atoms with van der Waals surface area (Å²) in [5.74, 6) is 1.21. The molecule has 0 bridgehead atoms. The van der Waals surface area contributed by atoms with Gasteiger partial charge in [-0.15, -0.1) is 23.1 Å². The van der Waals surface area contributed by atoms with Gasteiger partial charge in [-0.25, -0.2) is 4.39 Å². The summed E-state index contributed by atoms with van der Waals surface area (Å²) in [5, 5.41) is 6.00. The van der Waals surface area contributed by atoms with Crippen LogP contribution in [0.3, 0.4) is 0 Å². The first-order valence-corrected chi connectivity index (χ1v) is 7.91. The molecule has 0 fully saturated rings. The highest BCUT2D eigenvalue weighted by Crippen LogP contribution is 2.27. The van der Waals surface area contributed by atoms with Crippen molar-refractivity contribution in [3.8, 4) is 10.7 Å². The summed E-state index contributed by atoms with van der Waals surface area (Å²) >= 11 is 8.75. The first-order chi connectivity index (χ1) is 9.72. The van der Waals surface area contributed by atoms with E-state index in [1.807, 2.05) is 17.5 Å². The van der Waals surface area contributed by atoms with Gasteiger partial charge in [0.05, 0.1) is 15.7 Å². The van der Waals surface area contributed by atoms with Crippen LogP contribution in [-0.2, 0) is 5.75 Å². The van der Waals surface area contributed by atoms with Gasteiger partial charge < -0.3 is 4.52 Å². The van der Waals surface area contributed by atoms with Crippen LogP contribution in [-0.4, -0.2) is 10.1 Å². The van der Waals surface area contributed by atoms with Gasteiger partial charge in [0.25, 0.3) is 0 Å². The number of halogens is 2. The molecule has 0 aliphatic carbocycles. The summed E-state index contributed by atoms with van der Waals surface area (Å²) in [6.07, 6.45) is 0. The van der Waals surface area contributed by atoms with Crippen molar-refractivity contribution in [1.29, 1.82) is 0 Å². The van der Waals surface area contributed by atoms with E-state index in [9.17, 15) is 4.39 Å². The van der Waals surface area contributed by atoms with Gasteiger partial charge in [-0.3, -0.25) is 0 Å². The van der Waals surface area contributed by atoms with Crippen LogP contribution in [0.1, 0.15) is 5.89 Å². The average Bonchev–Trinajstić information content (AvgIpc) is 3.09. The standard InChI is InChI=1S/C13H8ClFN2OS2/c14-9-6-8(3-4-10(9)15)20-7-12-16-13(17-18-12)11-2-1-5-19-11/h1-6H,7H2. The maximum Gasteiger partial charge on any atom is 0.237 e. The minimum absolute atomic E-state index is 0.111. The number of hydrogen-bond acceptors (Lipinski definition) is 5. The molecule has 2 heterocycles. The van der Waals surface area contributed by atoms with Gasteiger partial charge >= 0.3 is 0 Å². The average molecular weight is 327 g/mol. The minimum atomic E-state index is -0.422. The molecule has 2 aromatic heterocycles. The maximum atomic E-state index is 13.0. The Kier molecular flexibility index (Phi) is 4.05. The van der Waals surface area contributed by atoms with E-state index in [-0.39, 0.29) is 5.02 Å². The van der Waals surface area contributed by atoms with Crippen molar-refractivity contribution in [3.63, 3.8) is 0 Å². The second-order valence-electron chi connectivity index (χ2n) is 3.85. The molecule has 0 saturated carbocycles. The van der Waals surface area contributed by atoms with Crippen LogP contribution in [0.4, 0.5) is 4.39 Å². The highest BCUT2D eigenvalue weighted by atomic mass is 35.5. The monoisotopic (exact) mass is 326 g/mol. The highest BCUT2D eigenvalue weighted by Gasteiger charge is 2.10. The molecule has 0 spiro atoms. The number of rotatable bonds is 4. The van der Waals surface area contributed by atoms with Crippen LogP contribution >= 0.6 is 34.7 Å². The largest absolute Gasteiger partial charge is 0.338 e. The molecule has 0 atom stereocenters. The molecule has 3 nitrogen and oxygen atoms in total. The van der Waals surface area contributed by atoms with Crippen molar-refractivity contribution in [2.24, 2.45) is 0 Å². The Morgan fingerprint density at radius 3 is 3.00 bits per heavy atom. The fraction of sp³-hybridized carbons (Fsp3) is 0.0769. The van der Waals surface area contributed by atoms with Gasteiger partial charge in [-0.2, -0.15) is 4.98 Å². The Labute approximate surface area is 127 Å². The van der Waals surface area contributed by atoms with Gasteiger partial charge in [-0.1, -0.05) is 22.8 Å². The van der Waals surface area contributed by atoms with Crippen LogP contribution in [0.25, 0.3) is 10.7 Å². The molecule has 7 heteroatoms. The van der Waals surface area contributed by atoms with E-state index in [4.69, 9.17) is 16.1 Å². The molecule has 3 aromatic rings. The van der Waals surface area contributed by atoms with Gasteiger partial charge in [0.1, 0.15) is 5.82 Å². The fourth-order valence-electron chi connectivity index (χ4n) is 1.53. The molecule has 1 aromatic carbocycles. The van der Waals surface area contributed by atoms with Crippen molar-refractivity contribution in [1.82, 2.24) is 10.1 Å². The molecule has 0 saturated heterocycles. The van der Waals surface area contributed by atoms with Crippen LogP contribution in [0, 0.1) is 5.82 Å². The lowest BCUT2D eigenvalue weighted by molar-refractivity contribution is 0.392. The topological polar surface area (TPSA) is 38.9 Å². The van der Waals surface area contributed by atoms with E-state index in [0.717, 1.165) is 9.77 Å². The van der Waals surface area contributed by atoms with Crippen LogP contribution < -0.4 is 0 Å². The Morgan fingerprint density at radius 2 is 2.25 bits per heavy atom. The third-order valence-electron chi connectivity index (χ3n) is 2.46. The van der Waals surface area contributed by atoms with E-state index in [1.165, 1.54) is 17.8 Å². The SMILES string of the molecule is Fc1ccc(SCc2nc(-c3cccs3)no2)cc1Cl.